The van der Waals surface area contributed by atoms with Gasteiger partial charge in [0, 0.05) is 27.7 Å². The molecule has 0 atom stereocenters. The maximum atomic E-state index is 3.52. The average molecular weight is 566 g/mol. The van der Waals surface area contributed by atoms with Crippen molar-refractivity contribution in [3.05, 3.63) is 27.9 Å². The predicted molar refractivity (Wildman–Crippen MR) is 77.6 cm³/mol. The van der Waals surface area contributed by atoms with Crippen molar-refractivity contribution in [2.45, 2.75) is 5.33 Å². The van der Waals surface area contributed by atoms with Gasteiger partial charge in [-0.2, -0.15) is 0 Å². The summed E-state index contributed by atoms with van der Waals surface area (Å²) in [6.45, 7) is 0. The highest BCUT2D eigenvalue weighted by Gasteiger charge is 2.16. The van der Waals surface area contributed by atoms with E-state index < -0.39 is 0 Å². The van der Waals surface area contributed by atoms with Crippen molar-refractivity contribution < 1.29 is 0 Å². The van der Waals surface area contributed by atoms with Crippen LogP contribution >= 0.6 is 95.6 Å². The Morgan fingerprint density at radius 1 is 0.615 bits per heavy atom. The highest BCUT2D eigenvalue weighted by atomic mass is 79.9. The molecule has 0 aromatic heterocycles. The fourth-order valence-electron chi connectivity index (χ4n) is 0.768. The first-order valence-electron chi connectivity index (χ1n) is 3.07. The van der Waals surface area contributed by atoms with Gasteiger partial charge in [0.25, 0.3) is 0 Å². The number of rotatable bonds is 1. The summed E-state index contributed by atoms with van der Waals surface area (Å²) in [5.41, 5.74) is 1.17. The molecule has 0 unspecified atom stereocenters. The Balaban J connectivity index is 3.56. The molecule has 0 saturated heterocycles. The lowest BCUT2D eigenvalue weighted by molar-refractivity contribution is 1.31. The SMILES string of the molecule is BrCc1c(Br)c(Br)c(Br)c(Br)c1Br. The van der Waals surface area contributed by atoms with Gasteiger partial charge in [-0.1, -0.05) is 15.9 Å². The minimum Gasteiger partial charge on any atom is -0.0875 e. The third kappa shape index (κ3) is 2.61. The molecule has 0 heterocycles. The van der Waals surface area contributed by atoms with E-state index in [1.54, 1.807) is 0 Å². The van der Waals surface area contributed by atoms with Gasteiger partial charge in [-0.3, -0.25) is 0 Å². The molecular weight excluding hydrogens is 564 g/mol. The van der Waals surface area contributed by atoms with E-state index in [0.717, 1.165) is 27.7 Å². The fraction of sp³-hybridized carbons (Fsp3) is 0.143. The standard InChI is InChI=1S/C7H2Br6/c8-1-2-3(9)5(11)7(13)6(12)4(2)10/h1H2. The van der Waals surface area contributed by atoms with Gasteiger partial charge in [-0.15, -0.1) is 0 Å². The van der Waals surface area contributed by atoms with Gasteiger partial charge in [-0.25, -0.2) is 0 Å². The molecule has 0 spiro atoms. The number of benzene rings is 1. The first kappa shape index (κ1) is 13.2. The summed E-state index contributed by atoms with van der Waals surface area (Å²) in [4.78, 5) is 0. The van der Waals surface area contributed by atoms with Crippen molar-refractivity contribution in [3.63, 3.8) is 0 Å². The van der Waals surface area contributed by atoms with Crippen LogP contribution in [0.5, 0.6) is 0 Å². The summed E-state index contributed by atoms with van der Waals surface area (Å²) in [5, 5.41) is 0.790. The first-order valence-corrected chi connectivity index (χ1v) is 8.15. The zero-order chi connectivity index (χ0) is 10.2. The Hall–Kier alpha value is 2.10. The molecule has 0 bridgehead atoms. The van der Waals surface area contributed by atoms with Crippen LogP contribution in [-0.4, -0.2) is 0 Å². The van der Waals surface area contributed by atoms with Crippen LogP contribution in [0, 0.1) is 0 Å². The van der Waals surface area contributed by atoms with Crippen LogP contribution in [0.15, 0.2) is 22.4 Å². The number of hydrogen-bond acceptors (Lipinski definition) is 0. The van der Waals surface area contributed by atoms with Crippen LogP contribution in [0.2, 0.25) is 0 Å². The van der Waals surface area contributed by atoms with Gasteiger partial charge in [0.15, 0.2) is 0 Å². The second-order valence-electron chi connectivity index (χ2n) is 2.18. The highest BCUT2D eigenvalue weighted by molar-refractivity contribution is 9.15. The monoisotopic (exact) mass is 560 g/mol. The van der Waals surface area contributed by atoms with Crippen molar-refractivity contribution in [3.8, 4) is 0 Å². The van der Waals surface area contributed by atoms with Crippen molar-refractivity contribution in [1.82, 2.24) is 0 Å². The lowest BCUT2D eigenvalue weighted by Crippen LogP contribution is -1.88. The molecule has 1 rings (SSSR count). The summed E-state index contributed by atoms with van der Waals surface area (Å²) in [6.07, 6.45) is 0. The maximum Gasteiger partial charge on any atom is 0.0482 e. The second-order valence-corrected chi connectivity index (χ2v) is 6.71. The Morgan fingerprint density at radius 3 is 1.23 bits per heavy atom. The molecule has 1 aromatic rings. The van der Waals surface area contributed by atoms with Crippen molar-refractivity contribution in [1.29, 1.82) is 0 Å². The lowest BCUT2D eigenvalue weighted by atomic mass is 10.2. The third-order valence-corrected chi connectivity index (χ3v) is 8.25. The molecule has 0 amide bonds. The van der Waals surface area contributed by atoms with E-state index in [4.69, 9.17) is 0 Å². The van der Waals surface area contributed by atoms with Crippen LogP contribution in [-0.2, 0) is 5.33 Å². The van der Waals surface area contributed by atoms with Crippen molar-refractivity contribution in [2.75, 3.05) is 0 Å². The largest absolute Gasteiger partial charge is 0.0875 e. The number of hydrogen-bond donors (Lipinski definition) is 0. The van der Waals surface area contributed by atoms with E-state index in [2.05, 4.69) is 95.6 Å². The van der Waals surface area contributed by atoms with Crippen molar-refractivity contribution in [2.24, 2.45) is 0 Å². The van der Waals surface area contributed by atoms with Gasteiger partial charge >= 0.3 is 0 Å². The molecule has 0 saturated carbocycles. The molecule has 6 heteroatoms. The molecular formula is C7H2Br6. The number of halogens is 6. The molecule has 0 aliphatic rings. The molecule has 0 N–H and O–H groups in total. The average Bonchev–Trinajstić information content (AvgIpc) is 2.13. The lowest BCUT2D eigenvalue weighted by Gasteiger charge is -2.11. The Morgan fingerprint density at radius 2 is 0.923 bits per heavy atom. The third-order valence-electron chi connectivity index (χ3n) is 1.43. The van der Waals surface area contributed by atoms with Gasteiger partial charge in [0.2, 0.25) is 0 Å². The molecule has 0 aliphatic heterocycles. The van der Waals surface area contributed by atoms with E-state index in [1.165, 1.54) is 5.56 Å². The summed E-state index contributed by atoms with van der Waals surface area (Å²) in [5.74, 6) is 0. The summed E-state index contributed by atoms with van der Waals surface area (Å²) >= 11 is 20.9. The van der Waals surface area contributed by atoms with E-state index in [1.807, 2.05) is 0 Å². The van der Waals surface area contributed by atoms with E-state index in [0.29, 0.717) is 0 Å². The van der Waals surface area contributed by atoms with E-state index >= 15 is 0 Å². The molecule has 72 valence electrons. The number of alkyl halides is 1. The molecule has 0 nitrogen and oxygen atoms in total. The van der Waals surface area contributed by atoms with Crippen LogP contribution in [0.25, 0.3) is 0 Å². The van der Waals surface area contributed by atoms with Gasteiger partial charge in [0.1, 0.15) is 0 Å². The predicted octanol–water partition coefficient (Wildman–Crippen LogP) is 6.39. The quantitative estimate of drug-likeness (QED) is 0.210. The normalized spacial score (nSPS) is 10.6. The Labute approximate surface area is 127 Å². The van der Waals surface area contributed by atoms with Gasteiger partial charge < -0.3 is 0 Å². The highest BCUT2D eigenvalue weighted by Crippen LogP contribution is 2.44. The second kappa shape index (κ2) is 5.43. The van der Waals surface area contributed by atoms with Gasteiger partial charge in [-0.05, 0) is 85.2 Å². The van der Waals surface area contributed by atoms with Crippen LogP contribution < -0.4 is 0 Å². The summed E-state index contributed by atoms with van der Waals surface area (Å²) in [7, 11) is 0. The topological polar surface area (TPSA) is 0 Å². The minimum absolute atomic E-state index is 0.790. The van der Waals surface area contributed by atoms with E-state index in [9.17, 15) is 0 Å². The minimum atomic E-state index is 0.790. The molecule has 0 fully saturated rings. The van der Waals surface area contributed by atoms with Crippen LogP contribution in [0.3, 0.4) is 0 Å². The summed E-state index contributed by atoms with van der Waals surface area (Å²) in [6, 6.07) is 0. The fourth-order valence-corrected chi connectivity index (χ4v) is 5.49. The smallest absolute Gasteiger partial charge is 0.0482 e. The van der Waals surface area contributed by atoms with Crippen LogP contribution in [0.4, 0.5) is 0 Å². The zero-order valence-electron chi connectivity index (χ0n) is 5.97. The maximum absolute atomic E-state index is 3.52. The van der Waals surface area contributed by atoms with Gasteiger partial charge in [0.05, 0.1) is 0 Å². The molecule has 0 aliphatic carbocycles. The van der Waals surface area contributed by atoms with E-state index in [-0.39, 0.29) is 0 Å². The summed E-state index contributed by atoms with van der Waals surface area (Å²) < 4.78 is 5.11. The Bertz CT molecular complexity index is 316. The van der Waals surface area contributed by atoms with Crippen LogP contribution in [0.1, 0.15) is 5.56 Å². The molecule has 13 heavy (non-hydrogen) atoms. The molecule has 1 aromatic carbocycles. The first-order chi connectivity index (χ1) is 6.00. The van der Waals surface area contributed by atoms with Crippen molar-refractivity contribution >= 4 is 95.6 Å². The molecule has 0 radical (unpaired) electrons. The Kier molecular flexibility index (Phi) is 5.50. The zero-order valence-corrected chi connectivity index (χ0v) is 15.5.